The first-order chi connectivity index (χ1) is 12.1. The van der Waals surface area contributed by atoms with Crippen LogP contribution in [-0.4, -0.2) is 57.2 Å². The number of anilines is 1. The molecule has 1 aliphatic heterocycles. The van der Waals surface area contributed by atoms with E-state index in [4.69, 9.17) is 4.52 Å². The number of rotatable bonds is 6. The number of hydrogen-bond donors (Lipinski definition) is 0. The highest BCUT2D eigenvalue weighted by Crippen LogP contribution is 2.35. The van der Waals surface area contributed by atoms with Crippen molar-refractivity contribution in [2.24, 2.45) is 7.05 Å². The Kier molecular flexibility index (Phi) is 4.45. The van der Waals surface area contributed by atoms with Crippen molar-refractivity contribution in [1.29, 1.82) is 0 Å². The summed E-state index contributed by atoms with van der Waals surface area (Å²) in [6.07, 6.45) is 5.06. The predicted molar refractivity (Wildman–Crippen MR) is 91.1 cm³/mol. The van der Waals surface area contributed by atoms with Crippen molar-refractivity contribution in [2.45, 2.75) is 50.4 Å². The van der Waals surface area contributed by atoms with Crippen molar-refractivity contribution in [3.05, 3.63) is 23.8 Å². The first-order valence-corrected chi connectivity index (χ1v) is 9.00. The first kappa shape index (κ1) is 16.5. The van der Waals surface area contributed by atoms with Crippen molar-refractivity contribution in [1.82, 2.24) is 24.8 Å². The Morgan fingerprint density at radius 3 is 2.92 bits per heavy atom. The maximum atomic E-state index is 14.0. The molecule has 1 aliphatic carbocycles. The number of halogens is 1. The van der Waals surface area contributed by atoms with Gasteiger partial charge in [0.05, 0.1) is 5.69 Å². The molecule has 136 valence electrons. The highest BCUT2D eigenvalue weighted by Gasteiger charge is 2.34. The topological polar surface area (TPSA) is 63.2 Å². The van der Waals surface area contributed by atoms with Crippen LogP contribution in [0.3, 0.4) is 0 Å². The van der Waals surface area contributed by atoms with Gasteiger partial charge in [-0.15, -0.1) is 0 Å². The van der Waals surface area contributed by atoms with Crippen LogP contribution >= 0.6 is 0 Å². The van der Waals surface area contributed by atoms with Gasteiger partial charge in [-0.3, -0.25) is 9.58 Å². The Bertz CT molecular complexity index is 712. The Balaban J connectivity index is 1.40. The Morgan fingerprint density at radius 1 is 1.40 bits per heavy atom. The van der Waals surface area contributed by atoms with Crippen molar-refractivity contribution >= 4 is 6.01 Å². The zero-order chi connectivity index (χ0) is 17.4. The summed E-state index contributed by atoms with van der Waals surface area (Å²) >= 11 is 0. The second-order valence-corrected chi connectivity index (χ2v) is 7.31. The van der Waals surface area contributed by atoms with E-state index in [9.17, 15) is 4.39 Å². The van der Waals surface area contributed by atoms with E-state index in [0.29, 0.717) is 38.0 Å². The molecule has 2 fully saturated rings. The molecule has 0 spiro atoms. The molecular formula is C17H25FN6O. The van der Waals surface area contributed by atoms with Crippen LogP contribution in [0.15, 0.2) is 16.8 Å². The zero-order valence-electron chi connectivity index (χ0n) is 14.8. The molecule has 1 saturated heterocycles. The van der Waals surface area contributed by atoms with Gasteiger partial charge in [-0.1, -0.05) is 11.6 Å². The summed E-state index contributed by atoms with van der Waals surface area (Å²) in [6.45, 7) is 1.83. The van der Waals surface area contributed by atoms with E-state index in [-0.39, 0.29) is 6.04 Å². The van der Waals surface area contributed by atoms with Crippen LogP contribution in [0.1, 0.15) is 43.1 Å². The standard InChI is InChI=1S/C17H25FN6O/c1-22(17-20-16(21-25-17)12-4-3-5-12)10-15-8-13(18)9-24(15)11-14-6-7-19-23(14)2/h6-7,12-13,15H,3-5,8-11H2,1-2H3/t13-,15-/m0/s1. The lowest BCUT2D eigenvalue weighted by Crippen LogP contribution is -2.39. The fourth-order valence-corrected chi connectivity index (χ4v) is 3.68. The summed E-state index contributed by atoms with van der Waals surface area (Å²) in [5.41, 5.74) is 1.09. The zero-order valence-corrected chi connectivity index (χ0v) is 14.8. The normalized spacial score (nSPS) is 24.6. The molecule has 2 atom stereocenters. The van der Waals surface area contributed by atoms with E-state index in [1.54, 1.807) is 6.20 Å². The molecular weight excluding hydrogens is 323 g/mol. The molecule has 0 radical (unpaired) electrons. The number of likely N-dealkylation sites (N-methyl/N-ethyl adjacent to an activating group) is 1. The van der Waals surface area contributed by atoms with E-state index in [1.165, 1.54) is 6.42 Å². The van der Waals surface area contributed by atoms with Gasteiger partial charge in [-0.05, 0) is 25.3 Å². The number of aryl methyl sites for hydroxylation is 1. The molecule has 0 unspecified atom stereocenters. The smallest absolute Gasteiger partial charge is 0.323 e. The van der Waals surface area contributed by atoms with Crippen molar-refractivity contribution in [2.75, 3.05) is 25.0 Å². The molecule has 4 rings (SSSR count). The number of nitrogens with zero attached hydrogens (tertiary/aromatic N) is 6. The van der Waals surface area contributed by atoms with Crippen LogP contribution in [0.25, 0.3) is 0 Å². The highest BCUT2D eigenvalue weighted by molar-refractivity contribution is 5.25. The quantitative estimate of drug-likeness (QED) is 0.797. The maximum Gasteiger partial charge on any atom is 0.323 e. The van der Waals surface area contributed by atoms with Crippen LogP contribution in [-0.2, 0) is 13.6 Å². The molecule has 0 N–H and O–H groups in total. The molecule has 0 aromatic carbocycles. The Hall–Kier alpha value is -1.96. The van der Waals surface area contributed by atoms with E-state index in [0.717, 1.165) is 24.4 Å². The van der Waals surface area contributed by atoms with Gasteiger partial charge in [-0.25, -0.2) is 4.39 Å². The molecule has 2 aromatic heterocycles. The highest BCUT2D eigenvalue weighted by atomic mass is 19.1. The second kappa shape index (κ2) is 6.74. The van der Waals surface area contributed by atoms with E-state index < -0.39 is 6.17 Å². The van der Waals surface area contributed by atoms with Gasteiger partial charge in [0.25, 0.3) is 0 Å². The van der Waals surface area contributed by atoms with Gasteiger partial charge in [0.1, 0.15) is 6.17 Å². The predicted octanol–water partition coefficient (Wildman–Crippen LogP) is 2.12. The summed E-state index contributed by atoms with van der Waals surface area (Å²) in [5, 5.41) is 8.31. The molecule has 0 bridgehead atoms. The van der Waals surface area contributed by atoms with Gasteiger partial charge < -0.3 is 9.42 Å². The van der Waals surface area contributed by atoms with E-state index in [1.807, 2.05) is 29.7 Å². The summed E-state index contributed by atoms with van der Waals surface area (Å²) in [7, 11) is 3.85. The third-order valence-electron chi connectivity index (χ3n) is 5.48. The Labute approximate surface area is 146 Å². The van der Waals surface area contributed by atoms with Crippen LogP contribution in [0.5, 0.6) is 0 Å². The number of likely N-dealkylation sites (tertiary alicyclic amines) is 1. The molecule has 7 nitrogen and oxygen atoms in total. The van der Waals surface area contributed by atoms with Gasteiger partial charge in [0.15, 0.2) is 5.82 Å². The minimum Gasteiger partial charge on any atom is -0.326 e. The van der Waals surface area contributed by atoms with Gasteiger partial charge in [-0.2, -0.15) is 10.1 Å². The lowest BCUT2D eigenvalue weighted by Gasteiger charge is -2.27. The summed E-state index contributed by atoms with van der Waals surface area (Å²) in [5.74, 6) is 1.27. The first-order valence-electron chi connectivity index (χ1n) is 9.00. The van der Waals surface area contributed by atoms with Crippen LogP contribution in [0, 0.1) is 0 Å². The van der Waals surface area contributed by atoms with Gasteiger partial charge >= 0.3 is 6.01 Å². The van der Waals surface area contributed by atoms with Crippen molar-refractivity contribution < 1.29 is 8.91 Å². The third-order valence-corrected chi connectivity index (χ3v) is 5.48. The molecule has 0 amide bonds. The average molecular weight is 348 g/mol. The van der Waals surface area contributed by atoms with E-state index >= 15 is 0 Å². The lowest BCUT2D eigenvalue weighted by atomic mass is 9.85. The second-order valence-electron chi connectivity index (χ2n) is 7.31. The minimum absolute atomic E-state index is 0.119. The molecule has 1 saturated carbocycles. The molecule has 2 aromatic rings. The molecule has 25 heavy (non-hydrogen) atoms. The average Bonchev–Trinajstić information content (AvgIpc) is 3.21. The SMILES string of the molecule is CN(C[C@@H]1C[C@H](F)CN1Cc1ccnn1C)c1nc(C2CCC2)no1. The minimum atomic E-state index is -0.792. The number of alkyl halides is 1. The van der Waals surface area contributed by atoms with Crippen molar-refractivity contribution in [3.8, 4) is 0 Å². The van der Waals surface area contributed by atoms with Crippen molar-refractivity contribution in [3.63, 3.8) is 0 Å². The summed E-state index contributed by atoms with van der Waals surface area (Å²) < 4.78 is 21.3. The summed E-state index contributed by atoms with van der Waals surface area (Å²) in [6, 6.07) is 2.63. The fourth-order valence-electron chi connectivity index (χ4n) is 3.68. The third kappa shape index (κ3) is 3.40. The molecule has 2 aliphatic rings. The molecule has 8 heteroatoms. The van der Waals surface area contributed by atoms with E-state index in [2.05, 4.69) is 20.1 Å². The van der Waals surface area contributed by atoms with Gasteiger partial charge in [0, 0.05) is 51.9 Å². The monoisotopic (exact) mass is 348 g/mol. The number of aromatic nitrogens is 4. The lowest BCUT2D eigenvalue weighted by molar-refractivity contribution is 0.230. The fraction of sp³-hybridized carbons (Fsp3) is 0.706. The Morgan fingerprint density at radius 2 is 2.24 bits per heavy atom. The van der Waals surface area contributed by atoms with Crippen LogP contribution in [0.4, 0.5) is 10.4 Å². The molecule has 3 heterocycles. The van der Waals surface area contributed by atoms with Crippen LogP contribution in [0.2, 0.25) is 0 Å². The number of hydrogen-bond acceptors (Lipinski definition) is 6. The maximum absolute atomic E-state index is 14.0. The van der Waals surface area contributed by atoms with Gasteiger partial charge in [0.2, 0.25) is 0 Å². The summed E-state index contributed by atoms with van der Waals surface area (Å²) in [4.78, 5) is 8.66. The largest absolute Gasteiger partial charge is 0.326 e. The van der Waals surface area contributed by atoms with Crippen LogP contribution < -0.4 is 4.90 Å².